The van der Waals surface area contributed by atoms with Crippen LogP contribution in [0.3, 0.4) is 0 Å². The van der Waals surface area contributed by atoms with Gasteiger partial charge in [-0.15, -0.1) is 11.3 Å². The van der Waals surface area contributed by atoms with Crippen LogP contribution in [-0.4, -0.2) is 13.0 Å². The summed E-state index contributed by atoms with van der Waals surface area (Å²) >= 11 is 1.59. The van der Waals surface area contributed by atoms with Crippen LogP contribution in [-0.2, 0) is 9.63 Å². The maximum Gasteiger partial charge on any atom is 0.270 e. The van der Waals surface area contributed by atoms with E-state index in [1.165, 1.54) is 7.11 Å². The summed E-state index contributed by atoms with van der Waals surface area (Å²) < 4.78 is 0. The monoisotopic (exact) mass is 197 g/mol. The van der Waals surface area contributed by atoms with Crippen LogP contribution < -0.4 is 5.48 Å². The second kappa shape index (κ2) is 4.79. The maximum atomic E-state index is 11.2. The average Bonchev–Trinajstić information content (AvgIpc) is 2.57. The molecule has 1 heterocycles. The van der Waals surface area contributed by atoms with Gasteiger partial charge in [-0.25, -0.2) is 5.48 Å². The topological polar surface area (TPSA) is 38.3 Å². The zero-order valence-corrected chi connectivity index (χ0v) is 8.35. The standard InChI is InChI=1S/C9H11NO2S/c1-7(9(11)10-12-2)6-8-4-3-5-13-8/h3-6H,1-2H3,(H,10,11)/b7-6+. The summed E-state index contributed by atoms with van der Waals surface area (Å²) in [7, 11) is 1.41. The number of nitrogens with one attached hydrogen (secondary N) is 1. The van der Waals surface area contributed by atoms with Gasteiger partial charge >= 0.3 is 0 Å². The molecule has 0 saturated heterocycles. The number of thiophene rings is 1. The Morgan fingerprint density at radius 1 is 1.69 bits per heavy atom. The van der Waals surface area contributed by atoms with Crippen molar-refractivity contribution >= 4 is 23.3 Å². The number of rotatable bonds is 3. The number of hydrogen-bond donors (Lipinski definition) is 1. The lowest BCUT2D eigenvalue weighted by atomic mass is 10.2. The van der Waals surface area contributed by atoms with Gasteiger partial charge in [0.1, 0.15) is 0 Å². The smallest absolute Gasteiger partial charge is 0.270 e. The molecular weight excluding hydrogens is 186 g/mol. The zero-order valence-electron chi connectivity index (χ0n) is 7.53. The van der Waals surface area contributed by atoms with Crippen molar-refractivity contribution in [3.63, 3.8) is 0 Å². The molecule has 0 aliphatic heterocycles. The van der Waals surface area contributed by atoms with Crippen molar-refractivity contribution in [2.75, 3.05) is 7.11 Å². The van der Waals surface area contributed by atoms with Gasteiger partial charge in [0.05, 0.1) is 7.11 Å². The highest BCUT2D eigenvalue weighted by Gasteiger charge is 2.02. The van der Waals surface area contributed by atoms with Crippen molar-refractivity contribution in [2.24, 2.45) is 0 Å². The molecule has 3 nitrogen and oxygen atoms in total. The minimum Gasteiger partial charge on any atom is -0.277 e. The maximum absolute atomic E-state index is 11.2. The lowest BCUT2D eigenvalue weighted by molar-refractivity contribution is -0.127. The van der Waals surface area contributed by atoms with Crippen LogP contribution in [0, 0.1) is 0 Å². The highest BCUT2D eigenvalue weighted by molar-refractivity contribution is 7.10. The lowest BCUT2D eigenvalue weighted by Crippen LogP contribution is -2.22. The molecule has 0 radical (unpaired) electrons. The van der Waals surface area contributed by atoms with E-state index in [0.717, 1.165) is 4.88 Å². The van der Waals surface area contributed by atoms with E-state index in [-0.39, 0.29) is 5.91 Å². The van der Waals surface area contributed by atoms with E-state index in [2.05, 4.69) is 10.3 Å². The summed E-state index contributed by atoms with van der Waals surface area (Å²) in [4.78, 5) is 16.7. The molecule has 1 rings (SSSR count). The fourth-order valence-electron chi connectivity index (χ4n) is 0.826. The predicted molar refractivity (Wildman–Crippen MR) is 53.1 cm³/mol. The lowest BCUT2D eigenvalue weighted by Gasteiger charge is -2.00. The fourth-order valence-corrected chi connectivity index (χ4v) is 1.54. The first-order valence-corrected chi connectivity index (χ1v) is 4.67. The third-order valence-electron chi connectivity index (χ3n) is 1.45. The van der Waals surface area contributed by atoms with E-state index in [9.17, 15) is 4.79 Å². The van der Waals surface area contributed by atoms with Crippen LogP contribution in [0.2, 0.25) is 0 Å². The van der Waals surface area contributed by atoms with E-state index in [1.54, 1.807) is 18.3 Å². The Balaban J connectivity index is 2.66. The van der Waals surface area contributed by atoms with Gasteiger partial charge in [-0.05, 0) is 24.4 Å². The molecule has 0 aliphatic rings. The van der Waals surface area contributed by atoms with Gasteiger partial charge in [0, 0.05) is 10.5 Å². The molecule has 4 heteroatoms. The van der Waals surface area contributed by atoms with E-state index in [4.69, 9.17) is 0 Å². The molecule has 1 aromatic heterocycles. The molecule has 0 fully saturated rings. The largest absolute Gasteiger partial charge is 0.277 e. The normalized spacial score (nSPS) is 11.4. The van der Waals surface area contributed by atoms with Crippen molar-refractivity contribution in [1.29, 1.82) is 0 Å². The van der Waals surface area contributed by atoms with Gasteiger partial charge in [-0.1, -0.05) is 6.07 Å². The molecule has 0 aliphatic carbocycles. The molecule has 0 saturated carbocycles. The minimum absolute atomic E-state index is 0.212. The van der Waals surface area contributed by atoms with Crippen LogP contribution in [0.25, 0.3) is 6.08 Å². The van der Waals surface area contributed by atoms with Gasteiger partial charge in [-0.2, -0.15) is 0 Å². The number of hydroxylamine groups is 1. The number of carbonyl (C=O) groups is 1. The highest BCUT2D eigenvalue weighted by Crippen LogP contribution is 2.12. The Bertz CT molecular complexity index is 303. The molecule has 1 aromatic rings. The molecule has 1 N–H and O–H groups in total. The Hall–Kier alpha value is -1.13. The van der Waals surface area contributed by atoms with Gasteiger partial charge in [0.25, 0.3) is 5.91 Å². The summed E-state index contributed by atoms with van der Waals surface area (Å²) in [5.41, 5.74) is 2.88. The molecule has 0 unspecified atom stereocenters. The molecule has 0 spiro atoms. The SMILES string of the molecule is CONC(=O)/C(C)=C/c1cccs1. The molecule has 13 heavy (non-hydrogen) atoms. The van der Waals surface area contributed by atoms with Gasteiger partial charge in [0.2, 0.25) is 0 Å². The molecule has 0 atom stereocenters. The predicted octanol–water partition coefficient (Wildman–Crippen LogP) is 1.83. The zero-order chi connectivity index (χ0) is 9.68. The Morgan fingerprint density at radius 2 is 2.46 bits per heavy atom. The molecule has 1 amide bonds. The number of amides is 1. The quantitative estimate of drug-likeness (QED) is 0.593. The van der Waals surface area contributed by atoms with Crippen LogP contribution in [0.1, 0.15) is 11.8 Å². The average molecular weight is 197 g/mol. The molecule has 0 aromatic carbocycles. The summed E-state index contributed by atoms with van der Waals surface area (Å²) in [5.74, 6) is -0.212. The number of carbonyl (C=O) groups excluding carboxylic acids is 1. The Kier molecular flexibility index (Phi) is 3.67. The third kappa shape index (κ3) is 3.01. The highest BCUT2D eigenvalue weighted by atomic mass is 32.1. The van der Waals surface area contributed by atoms with Crippen LogP contribution >= 0.6 is 11.3 Å². The summed E-state index contributed by atoms with van der Waals surface area (Å²) in [6, 6.07) is 3.90. The van der Waals surface area contributed by atoms with E-state index in [1.807, 2.05) is 23.6 Å². The molecular formula is C9H11NO2S. The van der Waals surface area contributed by atoms with E-state index < -0.39 is 0 Å². The Labute approximate surface area is 81.0 Å². The summed E-state index contributed by atoms with van der Waals surface area (Å²) in [6.07, 6.45) is 1.82. The second-order valence-corrected chi connectivity index (χ2v) is 3.46. The first kappa shape index (κ1) is 9.95. The van der Waals surface area contributed by atoms with Gasteiger partial charge < -0.3 is 0 Å². The van der Waals surface area contributed by atoms with Crippen molar-refractivity contribution in [1.82, 2.24) is 5.48 Å². The van der Waals surface area contributed by atoms with Crippen LogP contribution in [0.4, 0.5) is 0 Å². The van der Waals surface area contributed by atoms with Crippen LogP contribution in [0.5, 0.6) is 0 Å². The molecule has 0 bridgehead atoms. The second-order valence-electron chi connectivity index (χ2n) is 2.48. The van der Waals surface area contributed by atoms with Crippen molar-refractivity contribution in [2.45, 2.75) is 6.92 Å². The summed E-state index contributed by atoms with van der Waals surface area (Å²) in [6.45, 7) is 1.74. The fraction of sp³-hybridized carbons (Fsp3) is 0.222. The van der Waals surface area contributed by atoms with Crippen LogP contribution in [0.15, 0.2) is 23.1 Å². The number of hydrogen-bond acceptors (Lipinski definition) is 3. The van der Waals surface area contributed by atoms with Crippen molar-refractivity contribution in [3.05, 3.63) is 28.0 Å². The first-order valence-electron chi connectivity index (χ1n) is 3.79. The Morgan fingerprint density at radius 3 is 3.00 bits per heavy atom. The van der Waals surface area contributed by atoms with Gasteiger partial charge in [-0.3, -0.25) is 9.63 Å². The van der Waals surface area contributed by atoms with Gasteiger partial charge in [0.15, 0.2) is 0 Å². The van der Waals surface area contributed by atoms with Crippen molar-refractivity contribution in [3.8, 4) is 0 Å². The van der Waals surface area contributed by atoms with Crippen molar-refractivity contribution < 1.29 is 9.63 Å². The van der Waals surface area contributed by atoms with E-state index >= 15 is 0 Å². The van der Waals surface area contributed by atoms with E-state index in [0.29, 0.717) is 5.57 Å². The summed E-state index contributed by atoms with van der Waals surface area (Å²) in [5, 5.41) is 1.97. The first-order chi connectivity index (χ1) is 6.24. The molecule has 70 valence electrons. The third-order valence-corrected chi connectivity index (χ3v) is 2.27. The minimum atomic E-state index is -0.212.